The van der Waals surface area contributed by atoms with Gasteiger partial charge in [-0.1, -0.05) is 37.3 Å². The van der Waals surface area contributed by atoms with Gasteiger partial charge in [0, 0.05) is 12.1 Å². The fraction of sp³-hybridized carbons (Fsp3) is 0.312. The fourth-order valence-corrected chi connectivity index (χ4v) is 1.80. The van der Waals surface area contributed by atoms with Crippen LogP contribution in [0.3, 0.4) is 0 Å². The highest BCUT2D eigenvalue weighted by molar-refractivity contribution is 5.92. The molecule has 1 rings (SSSR count). The van der Waals surface area contributed by atoms with Crippen molar-refractivity contribution in [3.8, 4) is 0 Å². The molecule has 0 aliphatic carbocycles. The lowest BCUT2D eigenvalue weighted by Crippen LogP contribution is -2.27. The monoisotopic (exact) mass is 273 g/mol. The highest BCUT2D eigenvalue weighted by Gasteiger charge is 2.05. The summed E-state index contributed by atoms with van der Waals surface area (Å²) in [5.41, 5.74) is 13.6. The summed E-state index contributed by atoms with van der Waals surface area (Å²) in [6, 6.07) is 10.2. The van der Waals surface area contributed by atoms with Crippen molar-refractivity contribution < 1.29 is 4.79 Å². The molecule has 1 aromatic rings. The molecule has 4 heteroatoms. The Morgan fingerprint density at radius 1 is 1.30 bits per heavy atom. The Balaban J connectivity index is 2.46. The predicted molar refractivity (Wildman–Crippen MR) is 82.9 cm³/mol. The molecule has 0 aliphatic rings. The van der Waals surface area contributed by atoms with Gasteiger partial charge in [-0.05, 0) is 42.8 Å². The van der Waals surface area contributed by atoms with E-state index in [9.17, 15) is 4.79 Å². The van der Waals surface area contributed by atoms with Gasteiger partial charge < -0.3 is 16.8 Å². The van der Waals surface area contributed by atoms with Gasteiger partial charge in [-0.25, -0.2) is 0 Å². The van der Waals surface area contributed by atoms with E-state index in [1.54, 1.807) is 6.08 Å². The minimum absolute atomic E-state index is 0.412. The molecule has 5 N–H and O–H groups in total. The number of hydrogen-bond donors (Lipinski definition) is 3. The lowest BCUT2D eigenvalue weighted by Gasteiger charge is -2.07. The maximum atomic E-state index is 11.4. The van der Waals surface area contributed by atoms with Gasteiger partial charge in [0.25, 0.3) is 0 Å². The van der Waals surface area contributed by atoms with Gasteiger partial charge in [0.15, 0.2) is 0 Å². The third-order valence-corrected chi connectivity index (χ3v) is 3.05. The first-order valence-corrected chi connectivity index (χ1v) is 6.83. The van der Waals surface area contributed by atoms with Gasteiger partial charge in [0.05, 0.1) is 0 Å². The number of allylic oxidation sites excluding steroid dienone is 2. The molecule has 0 saturated heterocycles. The molecule has 0 aromatic heterocycles. The second-order valence-electron chi connectivity index (χ2n) is 4.54. The average Bonchev–Trinajstić information content (AvgIpc) is 2.47. The molecule has 20 heavy (non-hydrogen) atoms. The molecule has 1 amide bonds. The van der Waals surface area contributed by atoms with Crippen LogP contribution in [0.5, 0.6) is 0 Å². The first-order chi connectivity index (χ1) is 9.67. The van der Waals surface area contributed by atoms with Crippen molar-refractivity contribution in [2.24, 2.45) is 11.5 Å². The van der Waals surface area contributed by atoms with E-state index in [4.69, 9.17) is 11.5 Å². The number of carbonyl (C=O) groups excluding carboxylic acids is 1. The van der Waals surface area contributed by atoms with Crippen LogP contribution >= 0.6 is 0 Å². The van der Waals surface area contributed by atoms with Crippen LogP contribution in [0.15, 0.2) is 53.8 Å². The SMILES string of the molecule is CCC(=C/N)/C=C(\CNCCc1ccccc1)C(N)=O. The van der Waals surface area contributed by atoms with Gasteiger partial charge in [-0.3, -0.25) is 4.79 Å². The number of nitrogens with one attached hydrogen (secondary N) is 1. The summed E-state index contributed by atoms with van der Waals surface area (Å²) in [6.45, 7) is 3.23. The summed E-state index contributed by atoms with van der Waals surface area (Å²) in [5.74, 6) is -0.412. The molecule has 0 radical (unpaired) electrons. The second kappa shape index (κ2) is 8.93. The van der Waals surface area contributed by atoms with E-state index < -0.39 is 5.91 Å². The van der Waals surface area contributed by atoms with E-state index in [2.05, 4.69) is 17.4 Å². The Bertz CT molecular complexity index is 478. The Morgan fingerprint density at radius 3 is 2.55 bits per heavy atom. The van der Waals surface area contributed by atoms with Crippen molar-refractivity contribution in [3.05, 3.63) is 59.3 Å². The van der Waals surface area contributed by atoms with Crippen LogP contribution in [0, 0.1) is 0 Å². The normalized spacial score (nSPS) is 12.4. The minimum Gasteiger partial charge on any atom is -0.404 e. The minimum atomic E-state index is -0.412. The summed E-state index contributed by atoms with van der Waals surface area (Å²) < 4.78 is 0. The zero-order valence-electron chi connectivity index (χ0n) is 11.9. The van der Waals surface area contributed by atoms with Crippen molar-refractivity contribution >= 4 is 5.91 Å². The molecule has 0 spiro atoms. The van der Waals surface area contributed by atoms with E-state index in [0.29, 0.717) is 12.1 Å². The van der Waals surface area contributed by atoms with Gasteiger partial charge in [-0.15, -0.1) is 0 Å². The Morgan fingerprint density at radius 2 is 2.00 bits per heavy atom. The zero-order chi connectivity index (χ0) is 14.8. The standard InChI is InChI=1S/C16H23N3O/c1-2-13(11-17)10-15(16(18)20)12-19-9-8-14-6-4-3-5-7-14/h3-7,10-11,19H,2,8-9,12,17H2,1H3,(H2,18,20)/b13-11-,15-10+. The van der Waals surface area contributed by atoms with Crippen LogP contribution in [0.2, 0.25) is 0 Å². The molecule has 1 aromatic carbocycles. The molecular weight excluding hydrogens is 250 g/mol. The molecule has 0 saturated carbocycles. The van der Waals surface area contributed by atoms with Crippen LogP contribution in [0.1, 0.15) is 18.9 Å². The maximum absolute atomic E-state index is 11.4. The highest BCUT2D eigenvalue weighted by atomic mass is 16.1. The Hall–Kier alpha value is -2.07. The van der Waals surface area contributed by atoms with E-state index in [1.165, 1.54) is 11.8 Å². The number of carbonyl (C=O) groups is 1. The zero-order valence-corrected chi connectivity index (χ0v) is 11.9. The summed E-state index contributed by atoms with van der Waals surface area (Å²) in [5, 5.41) is 3.23. The molecule has 0 atom stereocenters. The first-order valence-electron chi connectivity index (χ1n) is 6.83. The van der Waals surface area contributed by atoms with E-state index in [0.717, 1.165) is 25.0 Å². The van der Waals surface area contributed by atoms with Crippen LogP contribution < -0.4 is 16.8 Å². The van der Waals surface area contributed by atoms with Gasteiger partial charge in [-0.2, -0.15) is 0 Å². The van der Waals surface area contributed by atoms with Crippen molar-refractivity contribution in [1.82, 2.24) is 5.32 Å². The van der Waals surface area contributed by atoms with Crippen LogP contribution in [-0.2, 0) is 11.2 Å². The van der Waals surface area contributed by atoms with E-state index in [-0.39, 0.29) is 0 Å². The average molecular weight is 273 g/mol. The third kappa shape index (κ3) is 5.71. The van der Waals surface area contributed by atoms with Crippen molar-refractivity contribution in [3.63, 3.8) is 0 Å². The molecule has 0 fully saturated rings. The predicted octanol–water partition coefficient (Wildman–Crippen LogP) is 1.48. The second-order valence-corrected chi connectivity index (χ2v) is 4.54. The van der Waals surface area contributed by atoms with E-state index in [1.807, 2.05) is 25.1 Å². The Kier molecular flexibility index (Phi) is 7.14. The fourth-order valence-electron chi connectivity index (χ4n) is 1.80. The first kappa shape index (κ1) is 16.0. The number of hydrogen-bond acceptors (Lipinski definition) is 3. The molecule has 0 heterocycles. The number of nitrogens with two attached hydrogens (primary N) is 2. The summed E-state index contributed by atoms with van der Waals surface area (Å²) >= 11 is 0. The lowest BCUT2D eigenvalue weighted by atomic mass is 10.1. The quantitative estimate of drug-likeness (QED) is 0.381. The summed E-state index contributed by atoms with van der Waals surface area (Å²) in [6.07, 6.45) is 4.96. The molecule has 0 bridgehead atoms. The van der Waals surface area contributed by atoms with Crippen LogP contribution in [0.4, 0.5) is 0 Å². The van der Waals surface area contributed by atoms with Crippen molar-refractivity contribution in [2.45, 2.75) is 19.8 Å². The Labute approximate surface area is 120 Å². The van der Waals surface area contributed by atoms with Crippen LogP contribution in [0.25, 0.3) is 0 Å². The molecule has 0 aliphatic heterocycles. The summed E-state index contributed by atoms with van der Waals surface area (Å²) in [7, 11) is 0. The number of rotatable bonds is 8. The van der Waals surface area contributed by atoms with Crippen LogP contribution in [-0.4, -0.2) is 19.0 Å². The molecule has 108 valence electrons. The van der Waals surface area contributed by atoms with Gasteiger partial charge in [0.2, 0.25) is 5.91 Å². The highest BCUT2D eigenvalue weighted by Crippen LogP contribution is 2.05. The molecule has 4 nitrogen and oxygen atoms in total. The van der Waals surface area contributed by atoms with Crippen molar-refractivity contribution in [1.29, 1.82) is 0 Å². The van der Waals surface area contributed by atoms with Crippen molar-refractivity contribution in [2.75, 3.05) is 13.1 Å². The topological polar surface area (TPSA) is 81.1 Å². The number of primary amides is 1. The lowest BCUT2D eigenvalue weighted by molar-refractivity contribution is -0.114. The largest absolute Gasteiger partial charge is 0.404 e. The van der Waals surface area contributed by atoms with E-state index >= 15 is 0 Å². The molecular formula is C16H23N3O. The van der Waals surface area contributed by atoms with Gasteiger partial charge in [0.1, 0.15) is 0 Å². The smallest absolute Gasteiger partial charge is 0.245 e. The molecule has 0 unspecified atom stereocenters. The summed E-state index contributed by atoms with van der Waals surface area (Å²) in [4.78, 5) is 11.4. The number of amides is 1. The van der Waals surface area contributed by atoms with Gasteiger partial charge >= 0.3 is 0 Å². The maximum Gasteiger partial charge on any atom is 0.245 e. The number of benzene rings is 1. The third-order valence-electron chi connectivity index (χ3n) is 3.05.